The summed E-state index contributed by atoms with van der Waals surface area (Å²) >= 11 is 0. The number of hydrogen-bond acceptors (Lipinski definition) is 28. The van der Waals surface area contributed by atoms with E-state index < -0.39 is 224 Å². The molecule has 5 saturated carbocycles. The molecule has 0 aromatic heterocycles. The van der Waals surface area contributed by atoms with Crippen LogP contribution in [0.25, 0.3) is 6.08 Å². The minimum atomic E-state index is -2.02. The van der Waals surface area contributed by atoms with Crippen LogP contribution in [0.5, 0.6) is 0 Å². The van der Waals surface area contributed by atoms with E-state index in [4.69, 9.17) is 56.8 Å². The van der Waals surface area contributed by atoms with Crippen molar-refractivity contribution >= 4 is 30.8 Å². The van der Waals surface area contributed by atoms with Gasteiger partial charge in [0.15, 0.2) is 37.2 Å². The zero-order valence-corrected chi connectivity index (χ0v) is 58.9. The van der Waals surface area contributed by atoms with Crippen LogP contribution in [-0.4, -0.2) is 253 Å². The normalized spacial score (nSPS) is 49.5. The highest BCUT2D eigenvalue weighted by Crippen LogP contribution is 2.75. The molecule has 0 spiro atoms. The third kappa shape index (κ3) is 14.4. The predicted octanol–water partition coefficient (Wildman–Crippen LogP) is 1.28. The number of aliphatic hydroxyl groups is 12. The number of carbonyl (C=O) groups excluding carboxylic acids is 4. The van der Waals surface area contributed by atoms with Crippen molar-refractivity contribution in [3.63, 3.8) is 0 Å². The van der Waals surface area contributed by atoms with Crippen molar-refractivity contribution in [2.75, 3.05) is 13.2 Å². The van der Waals surface area contributed by atoms with E-state index in [1.807, 2.05) is 31.2 Å². The number of rotatable bonds is 19. The van der Waals surface area contributed by atoms with Gasteiger partial charge in [-0.25, -0.2) is 4.79 Å². The van der Waals surface area contributed by atoms with Crippen LogP contribution in [0.1, 0.15) is 125 Å². The molecule has 1 aromatic carbocycles. The molecule has 0 bridgehead atoms. The summed E-state index contributed by atoms with van der Waals surface area (Å²) < 4.78 is 74.2. The zero-order valence-electron chi connectivity index (χ0n) is 58.9. The van der Waals surface area contributed by atoms with E-state index in [-0.39, 0.29) is 48.2 Å². The van der Waals surface area contributed by atoms with Crippen molar-refractivity contribution in [3.8, 4) is 0 Å². The number of hydrogen-bond donors (Lipinski definition) is 12. The summed E-state index contributed by atoms with van der Waals surface area (Å²) in [4.78, 5) is 53.2. The molecule has 12 N–H and O–H groups in total. The van der Waals surface area contributed by atoms with Gasteiger partial charge in [-0.2, -0.15) is 0 Å². The molecule has 101 heavy (non-hydrogen) atoms. The molecular weight excluding hydrogens is 1320 g/mol. The number of aliphatic hydroxyl groups excluding tert-OH is 12. The molecular formula is C73H106O28. The summed E-state index contributed by atoms with van der Waals surface area (Å²) in [6.45, 7) is 22.5. The number of carbonyl (C=O) groups is 4. The second-order valence-electron chi connectivity index (χ2n) is 32.2. The van der Waals surface area contributed by atoms with Crippen LogP contribution < -0.4 is 0 Å². The molecule has 0 amide bonds. The van der Waals surface area contributed by atoms with Gasteiger partial charge in [-0.05, 0) is 134 Å². The van der Waals surface area contributed by atoms with Crippen LogP contribution in [-0.2, 0) is 76.0 Å². The molecule has 566 valence electrons. The minimum absolute atomic E-state index is 0.0104. The summed E-state index contributed by atoms with van der Waals surface area (Å²) in [5, 5.41) is 133. The van der Waals surface area contributed by atoms with Crippen LogP contribution in [0.4, 0.5) is 0 Å². The lowest BCUT2D eigenvalue weighted by Gasteiger charge is -2.71. The third-order valence-electron chi connectivity index (χ3n) is 25.3. The van der Waals surface area contributed by atoms with E-state index in [9.17, 15) is 80.5 Å². The van der Waals surface area contributed by atoms with Crippen molar-refractivity contribution in [1.82, 2.24) is 0 Å². The van der Waals surface area contributed by atoms with Crippen LogP contribution in [0.15, 0.2) is 54.8 Å². The first-order valence-electron chi connectivity index (χ1n) is 35.6. The number of aryl methyl sites for hydroxylation is 1. The molecule has 0 radical (unpaired) electrons. The van der Waals surface area contributed by atoms with Crippen molar-refractivity contribution < 1.29 is 137 Å². The summed E-state index contributed by atoms with van der Waals surface area (Å²) in [6.07, 6.45) is -28.1. The monoisotopic (exact) mass is 1430 g/mol. The first-order chi connectivity index (χ1) is 47.5. The Hall–Kier alpha value is -4.48. The van der Waals surface area contributed by atoms with E-state index in [1.54, 1.807) is 26.8 Å². The Morgan fingerprint density at radius 3 is 1.98 bits per heavy atom. The van der Waals surface area contributed by atoms with E-state index >= 15 is 0 Å². The number of benzene rings is 1. The maximum atomic E-state index is 14.2. The molecule has 1 aromatic rings. The van der Waals surface area contributed by atoms with Crippen molar-refractivity contribution in [1.29, 1.82) is 0 Å². The average Bonchev–Trinajstić information content (AvgIpc) is 0.676. The van der Waals surface area contributed by atoms with E-state index in [0.717, 1.165) is 17.4 Å². The molecule has 4 aliphatic heterocycles. The standard InChI is InChI=1S/C73H106O28/c1-32-12-14-37(15-13-32)16-19-48(80)98-59-35(4)93-67(63(61(59)94-36(5)77)95-43-24-33(2)50(81)54(85)52(43)83)92-34(3)38-25-69(6,7)26-39-40-17-18-46-70(8)22-21-47(71(9,30-75)45(70)20-23-72(46,10)73(40,11)27-41(78)49(38)39)97-68-62(100-66-57(88)55(86)53(84)44(28-74)96-66)60(58(89)65(101-68)91-31-76)99-64-56(87)51(82)42(79)29-90-64/h12-19,30-31,33,35,38-47,49-68,74,78-79,81-89H,3,20-29H2,1-2,4-11H3/b19-16-/t33?,35?,38-,39-,40?,41+,42?,43?,44?,45+,46+,47-,49?,50?,51?,52?,53?,54?,55?,56?,57?,58?,59?,60?,61?,62?,63?,64?,65?,66?,67?,68?,70-,71-,72+,73+/m0/s1. The van der Waals surface area contributed by atoms with Crippen LogP contribution >= 0.6 is 0 Å². The molecule has 36 atom stereocenters. The lowest BCUT2D eigenvalue weighted by molar-refractivity contribution is -0.410. The van der Waals surface area contributed by atoms with Crippen LogP contribution in [0, 0.1) is 75.4 Å². The number of fused-ring (bicyclic) bond motifs is 7. The third-order valence-corrected chi connectivity index (χ3v) is 25.3. The van der Waals surface area contributed by atoms with Gasteiger partial charge in [0.2, 0.25) is 12.6 Å². The number of ether oxygens (including phenoxy) is 12. The van der Waals surface area contributed by atoms with Gasteiger partial charge in [0.1, 0.15) is 79.5 Å². The SMILES string of the molecule is C=C(OC1OC(C)C(OC(=O)/C=C\c2ccc(C)cc2)C(OC(C)=O)C1OC1CC(C)C(O)C(O)C1O)[C@@H]1CC(C)(C)C[C@@H]2C1[C@H](O)C[C@]1(C)C2C=C[C@@H]2[C@@]3(C)CC[C@H](OC4OC(OC=O)C(O)C(OC5OCC(O)C(O)C5O)C4OC4OC(CO)C(O)C(O)C4O)[C@@](C)(C=O)[C@@H]3CC[C@]21C. The van der Waals surface area contributed by atoms with Gasteiger partial charge >= 0.3 is 11.9 Å². The summed E-state index contributed by atoms with van der Waals surface area (Å²) in [7, 11) is 0. The summed E-state index contributed by atoms with van der Waals surface area (Å²) in [5.41, 5.74) is -1.61. The fourth-order valence-electron chi connectivity index (χ4n) is 19.8. The Balaban J connectivity index is 0.862. The molecule has 4 saturated heterocycles. The fraction of sp³-hybridized carbons (Fsp3) is 0.781. The Morgan fingerprint density at radius 2 is 1.31 bits per heavy atom. The van der Waals surface area contributed by atoms with Gasteiger partial charge in [-0.3, -0.25) is 9.59 Å². The second kappa shape index (κ2) is 30.0. The highest BCUT2D eigenvalue weighted by atomic mass is 16.8. The molecule has 26 unspecified atom stereocenters. The maximum absolute atomic E-state index is 14.2. The smallest absolute Gasteiger partial charge is 0.331 e. The molecule has 10 aliphatic rings. The summed E-state index contributed by atoms with van der Waals surface area (Å²) in [5.74, 6) is -3.56. The van der Waals surface area contributed by atoms with Gasteiger partial charge in [-0.15, -0.1) is 0 Å². The highest BCUT2D eigenvalue weighted by molar-refractivity contribution is 5.87. The van der Waals surface area contributed by atoms with Gasteiger partial charge in [0.05, 0.1) is 54.9 Å². The molecule has 9 fully saturated rings. The van der Waals surface area contributed by atoms with E-state index in [0.29, 0.717) is 38.5 Å². The maximum Gasteiger partial charge on any atom is 0.331 e. The van der Waals surface area contributed by atoms with Gasteiger partial charge in [-0.1, -0.05) is 97.0 Å². The lowest BCUT2D eigenvalue weighted by atomic mass is 9.33. The van der Waals surface area contributed by atoms with Gasteiger partial charge < -0.3 is 123 Å². The molecule has 28 nitrogen and oxygen atoms in total. The Kier molecular flexibility index (Phi) is 23.1. The van der Waals surface area contributed by atoms with Crippen molar-refractivity contribution in [3.05, 3.63) is 66.0 Å². The lowest BCUT2D eigenvalue weighted by Crippen LogP contribution is -2.69. The minimum Gasteiger partial charge on any atom is -0.467 e. The largest absolute Gasteiger partial charge is 0.467 e. The Morgan fingerprint density at radius 1 is 0.634 bits per heavy atom. The summed E-state index contributed by atoms with van der Waals surface area (Å²) in [6, 6.07) is 7.47. The van der Waals surface area contributed by atoms with Crippen LogP contribution in [0.2, 0.25) is 0 Å². The van der Waals surface area contributed by atoms with E-state index in [1.165, 1.54) is 13.0 Å². The highest BCUT2D eigenvalue weighted by Gasteiger charge is 2.71. The number of esters is 2. The molecule has 6 aliphatic carbocycles. The zero-order chi connectivity index (χ0) is 73.5. The fourth-order valence-corrected chi connectivity index (χ4v) is 19.8. The van der Waals surface area contributed by atoms with E-state index in [2.05, 4.69) is 53.3 Å². The Bertz CT molecular complexity index is 3150. The first-order valence-corrected chi connectivity index (χ1v) is 35.6. The quantitative estimate of drug-likeness (QED) is 0.0176. The van der Waals surface area contributed by atoms with Crippen LogP contribution in [0.3, 0.4) is 0 Å². The number of allylic oxidation sites excluding steroid dienone is 3. The van der Waals surface area contributed by atoms with Crippen molar-refractivity contribution in [2.45, 2.75) is 274 Å². The topological polar surface area (TPSA) is 422 Å². The molecule has 4 heterocycles. The average molecular weight is 1430 g/mol. The second-order valence-corrected chi connectivity index (χ2v) is 32.2. The molecule has 11 rings (SSSR count). The number of aldehydes is 1. The Labute approximate surface area is 587 Å². The molecule has 28 heteroatoms. The predicted molar refractivity (Wildman–Crippen MR) is 349 cm³/mol. The van der Waals surface area contributed by atoms with Gasteiger partial charge in [0.25, 0.3) is 6.47 Å². The first kappa shape index (κ1) is 77.6. The van der Waals surface area contributed by atoms with Crippen molar-refractivity contribution in [2.24, 2.45) is 68.5 Å². The van der Waals surface area contributed by atoms with Gasteiger partial charge in [0, 0.05) is 18.9 Å².